The minimum Gasteiger partial charge on any atom is -0.544 e. The summed E-state index contributed by atoms with van der Waals surface area (Å²) in [4.78, 5) is 44.2. The number of nitrogens with two attached hydrogens (primary N) is 1. The summed E-state index contributed by atoms with van der Waals surface area (Å²) in [7, 11) is 7.56. The van der Waals surface area contributed by atoms with Gasteiger partial charge in [0.1, 0.15) is 108 Å². The lowest BCUT2D eigenvalue weighted by atomic mass is 10.2. The predicted octanol–water partition coefficient (Wildman–Crippen LogP) is -8.98. The number of likely N-dealkylation sites (N-methyl/N-ethyl adjacent to an activating group) is 3. The van der Waals surface area contributed by atoms with Crippen LogP contribution in [-0.4, -0.2) is 342 Å². The molecule has 17 N–H and O–H groups in total. The van der Waals surface area contributed by atoms with E-state index in [1.807, 2.05) is 68.0 Å². The second-order valence-corrected chi connectivity index (χ2v) is 24.6. The van der Waals surface area contributed by atoms with Gasteiger partial charge in [0.25, 0.3) is 0 Å². The number of carboxylic acids is 4. The Morgan fingerprint density at radius 3 is 1.34 bits per heavy atom. The lowest BCUT2D eigenvalue weighted by molar-refractivity contribution is -0.926. The monoisotopic (exact) mass is 1280 g/mol. The molecule has 0 aliphatic heterocycles. The van der Waals surface area contributed by atoms with Gasteiger partial charge in [-0.1, -0.05) is 54.7 Å². The standard InChI is InChI=1S/C12H25NO6.C11H23NO5.C10H21NO5.C9H20N2O2.C9H20N2O.C8H18N2O/c1-10(2)19-9-11(16)7-13(3-5-14,4-6-15)8-12(17)18;1-9(2)17-8-10(14)6-12(3,4-5-13)7-11(15)16;1-8(2)16-7-9(13)5-11(3-4-12)6-10(14)15;1-8(2)10-5-6-11(3,4)7-9(12)13;1-8(2)10-5-6-11(4)7-9(3)12;1-7(2)10-5-4-9-6-8(3)11/h10-11,14-16H,3-9H2,1-2H3;9-10,13-14H,4-8H2,1-3H3;8-9,12-13H,3-7H2,1-2H3,(H,14,15);8,10H,5-7H2,1-4H3;8,10,12H,3,5-7H2,1-2,4H3;7,9-11H,3-6H2,1-2H3/p+3. The van der Waals surface area contributed by atoms with Crippen molar-refractivity contribution in [3.63, 3.8) is 0 Å². The first-order chi connectivity index (χ1) is 40.6. The van der Waals surface area contributed by atoms with E-state index >= 15 is 0 Å². The Kier molecular flexibility index (Phi) is 63.1. The molecule has 528 valence electrons. The molecule has 29 heteroatoms. The number of ether oxygens (including phenoxy) is 3. The fourth-order valence-corrected chi connectivity index (χ4v) is 7.85. The fourth-order valence-electron chi connectivity index (χ4n) is 7.85. The number of aliphatic carboxylic acids is 4. The molecule has 0 radical (unpaired) electrons. The highest BCUT2D eigenvalue weighted by atomic mass is 16.5. The molecule has 0 aromatic heterocycles. The maximum Gasteiger partial charge on any atom is 0.359 e. The fraction of sp³-hybridized carbons (Fsp3) is 0.864. The minimum atomic E-state index is -1.28. The average Bonchev–Trinajstić information content (AvgIpc) is 3.26. The molecule has 0 aliphatic rings. The summed E-state index contributed by atoms with van der Waals surface area (Å²) >= 11 is 0. The molecule has 0 fully saturated rings. The third-order valence-electron chi connectivity index (χ3n) is 12.0. The molecule has 0 aliphatic carbocycles. The number of aliphatic hydroxyl groups excluding tert-OH is 9. The number of carbonyl (C=O) groups excluding carboxylic acids is 3. The molecule has 0 amide bonds. The number of carbonyl (C=O) groups is 4. The number of nitrogens with one attached hydrogen (secondary N) is 5. The van der Waals surface area contributed by atoms with Gasteiger partial charge >= 0.3 is 5.97 Å². The zero-order chi connectivity index (χ0) is 69.6. The van der Waals surface area contributed by atoms with E-state index in [0.29, 0.717) is 40.6 Å². The molecule has 0 saturated heterocycles. The van der Waals surface area contributed by atoms with Gasteiger partial charge < -0.3 is 139 Å². The quantitative estimate of drug-likeness (QED) is 0.0153. The van der Waals surface area contributed by atoms with Crippen LogP contribution in [0.5, 0.6) is 0 Å². The van der Waals surface area contributed by atoms with Gasteiger partial charge in [0.05, 0.1) is 130 Å². The van der Waals surface area contributed by atoms with Gasteiger partial charge in [-0.15, -0.1) is 0 Å². The number of hydrogen-bond donors (Lipinski definition) is 16. The second-order valence-electron chi connectivity index (χ2n) is 24.6. The van der Waals surface area contributed by atoms with Crippen molar-refractivity contribution < 1.29 is 128 Å². The molecule has 0 aromatic rings. The van der Waals surface area contributed by atoms with Crippen LogP contribution in [-0.2, 0) is 33.4 Å². The van der Waals surface area contributed by atoms with E-state index in [2.05, 4.69) is 70.7 Å². The number of rotatable bonds is 47. The van der Waals surface area contributed by atoms with Crippen LogP contribution in [0.2, 0.25) is 0 Å². The van der Waals surface area contributed by atoms with Crippen LogP contribution < -0.4 is 46.4 Å². The highest BCUT2D eigenvalue weighted by Crippen LogP contribution is 2.09. The third-order valence-corrected chi connectivity index (χ3v) is 12.0. The number of aliphatic hydroxyl groups is 9. The maximum atomic E-state index is 10.8. The summed E-state index contributed by atoms with van der Waals surface area (Å²) in [6.07, 6.45) is -2.34. The van der Waals surface area contributed by atoms with Crippen LogP contribution in [0, 0.1) is 0 Å². The third kappa shape index (κ3) is 76.4. The van der Waals surface area contributed by atoms with E-state index in [4.69, 9.17) is 50.0 Å². The Labute approximate surface area is 527 Å². The van der Waals surface area contributed by atoms with Crippen LogP contribution in [0.4, 0.5) is 0 Å². The maximum absolute atomic E-state index is 10.8. The average molecular weight is 1290 g/mol. The molecule has 6 unspecified atom stereocenters. The molecule has 0 saturated carbocycles. The van der Waals surface area contributed by atoms with Crippen LogP contribution in [0.1, 0.15) is 83.1 Å². The number of hydrogen-bond acceptors (Lipinski definition) is 22. The first-order valence-corrected chi connectivity index (χ1v) is 30.6. The highest BCUT2D eigenvalue weighted by molar-refractivity contribution is 5.68. The van der Waals surface area contributed by atoms with Crippen LogP contribution in [0.15, 0.2) is 24.7 Å². The van der Waals surface area contributed by atoms with E-state index in [-0.39, 0.29) is 157 Å². The van der Waals surface area contributed by atoms with E-state index in [1.54, 1.807) is 7.05 Å². The van der Waals surface area contributed by atoms with Gasteiger partial charge in [0.15, 0.2) is 6.54 Å². The molecule has 0 bridgehead atoms. The largest absolute Gasteiger partial charge is 0.544 e. The van der Waals surface area contributed by atoms with Crippen molar-refractivity contribution in [1.29, 1.82) is 0 Å². The van der Waals surface area contributed by atoms with Gasteiger partial charge in [-0.2, -0.15) is 0 Å². The Balaban J connectivity index is -0.000000231. The van der Waals surface area contributed by atoms with Crippen molar-refractivity contribution >= 4 is 23.9 Å². The Hall–Kier alpha value is -3.80. The van der Waals surface area contributed by atoms with E-state index < -0.39 is 42.2 Å². The Bertz CT molecular complexity index is 1720. The van der Waals surface area contributed by atoms with Gasteiger partial charge in [-0.25, -0.2) is 4.79 Å². The molecular weight excluding hydrogens is 1150 g/mol. The molecule has 88 heavy (non-hydrogen) atoms. The summed E-state index contributed by atoms with van der Waals surface area (Å²) in [5.41, 5.74) is 0. The second kappa shape index (κ2) is 58.3. The smallest absolute Gasteiger partial charge is 0.359 e. The molecule has 0 heterocycles. The Morgan fingerprint density at radius 2 is 0.966 bits per heavy atom. The topological polar surface area (TPSA) is 429 Å². The highest BCUT2D eigenvalue weighted by Gasteiger charge is 2.31. The van der Waals surface area contributed by atoms with Crippen LogP contribution in [0.3, 0.4) is 0 Å². The van der Waals surface area contributed by atoms with E-state index in [0.717, 1.165) is 39.3 Å². The van der Waals surface area contributed by atoms with Gasteiger partial charge in [-0.3, -0.25) is 0 Å². The zero-order valence-electron chi connectivity index (χ0n) is 57.0. The molecule has 0 aromatic carbocycles. The normalized spacial score (nSPS) is 13.9. The van der Waals surface area contributed by atoms with Crippen molar-refractivity contribution in [2.75, 3.05) is 199 Å². The van der Waals surface area contributed by atoms with Crippen molar-refractivity contribution in [1.82, 2.24) is 16.0 Å². The SMILES string of the molecule is C=C(O)C[NH+](C)CCNC(C)C.C=C(O)C[NH2+]CCNC(C)C.CC(C)NCC[N+](C)(C)CC(=O)O.CC(C)OCC(O)C[N+](C)(CCO)CC(=O)[O-].CC(C)OCC(O)C[N+](CCO)(CCO)CC(=O)[O-].CC(C)OCC(O)C[NH+](CCO)CC(=O)[O-]. The molecular formula is C59H130N9O20+3. The first-order valence-electron chi connectivity index (χ1n) is 30.6. The molecule has 6 atom stereocenters. The minimum absolute atomic E-state index is 0.0161. The van der Waals surface area contributed by atoms with E-state index in [9.17, 15) is 49.8 Å². The number of nitrogens with zero attached hydrogens (tertiary/aromatic N) is 3. The molecule has 0 rings (SSSR count). The zero-order valence-corrected chi connectivity index (χ0v) is 57.0. The van der Waals surface area contributed by atoms with Gasteiger partial charge in [0.2, 0.25) is 0 Å². The number of quaternary nitrogens is 6. The Morgan fingerprint density at radius 1 is 0.534 bits per heavy atom. The summed E-state index contributed by atoms with van der Waals surface area (Å²) in [5.74, 6) is -3.90. The van der Waals surface area contributed by atoms with Crippen molar-refractivity contribution in [3.8, 4) is 0 Å². The summed E-state index contributed by atoms with van der Waals surface area (Å²) in [6.45, 7) is 37.8. The first kappa shape index (κ1) is 95.3. The summed E-state index contributed by atoms with van der Waals surface area (Å²) in [6, 6.07) is 1.54. The van der Waals surface area contributed by atoms with Crippen LogP contribution >= 0.6 is 0 Å². The summed E-state index contributed by atoms with van der Waals surface area (Å²) < 4.78 is 16.1. The van der Waals surface area contributed by atoms with Gasteiger partial charge in [0, 0.05) is 37.8 Å². The molecule has 0 spiro atoms. The number of carboxylic acid groups (broad SMARTS) is 4. The van der Waals surface area contributed by atoms with Crippen molar-refractivity contribution in [2.24, 2.45) is 0 Å². The predicted molar refractivity (Wildman–Crippen MR) is 331 cm³/mol. The van der Waals surface area contributed by atoms with Gasteiger partial charge in [-0.05, 0) is 41.5 Å². The molecule has 29 nitrogen and oxygen atoms in total. The summed E-state index contributed by atoms with van der Waals surface area (Å²) in [5, 5.41) is 135. The van der Waals surface area contributed by atoms with Crippen LogP contribution in [0.25, 0.3) is 0 Å². The lowest BCUT2D eigenvalue weighted by Gasteiger charge is -2.39. The lowest BCUT2D eigenvalue weighted by Crippen LogP contribution is -3.15. The van der Waals surface area contributed by atoms with Crippen molar-refractivity contribution in [3.05, 3.63) is 24.7 Å². The van der Waals surface area contributed by atoms with Crippen molar-refractivity contribution in [2.45, 2.75) is 138 Å². The van der Waals surface area contributed by atoms with E-state index in [1.165, 1.54) is 4.90 Å².